The fourth-order valence-corrected chi connectivity index (χ4v) is 4.01. The smallest absolute Gasteiger partial charge is 0.317 e. The van der Waals surface area contributed by atoms with Crippen LogP contribution in [0.1, 0.15) is 37.7 Å². The lowest BCUT2D eigenvalue weighted by molar-refractivity contribution is -0.134. The van der Waals surface area contributed by atoms with Gasteiger partial charge in [0.05, 0.1) is 0 Å². The molecule has 0 radical (unpaired) electrons. The highest BCUT2D eigenvalue weighted by Gasteiger charge is 2.45. The Labute approximate surface area is 149 Å². The highest BCUT2D eigenvalue weighted by molar-refractivity contribution is 5.85. The number of carbonyl (C=O) groups excluding carboxylic acids is 2. The van der Waals surface area contributed by atoms with E-state index in [1.807, 2.05) is 30.3 Å². The quantitative estimate of drug-likeness (QED) is 0.873. The second-order valence-corrected chi connectivity index (χ2v) is 7.07. The van der Waals surface area contributed by atoms with Gasteiger partial charge in [-0.15, -0.1) is 0 Å². The first-order chi connectivity index (χ1) is 12.1. The normalized spacial score (nSPS) is 20.9. The number of piperidine rings is 2. The van der Waals surface area contributed by atoms with Crippen LogP contribution in [0.5, 0.6) is 0 Å². The van der Waals surface area contributed by atoms with E-state index in [2.05, 4.69) is 10.2 Å². The zero-order valence-corrected chi connectivity index (χ0v) is 14.7. The number of benzene rings is 1. The highest BCUT2D eigenvalue weighted by atomic mass is 16.2. The van der Waals surface area contributed by atoms with E-state index >= 15 is 0 Å². The number of carbonyl (C=O) groups is 2. The number of urea groups is 1. The molecule has 0 aliphatic carbocycles. The Hall–Kier alpha value is -2.08. The summed E-state index contributed by atoms with van der Waals surface area (Å²) >= 11 is 0. The number of hydrogen-bond donors (Lipinski definition) is 2. The molecule has 0 unspecified atom stereocenters. The van der Waals surface area contributed by atoms with E-state index in [-0.39, 0.29) is 11.9 Å². The summed E-state index contributed by atoms with van der Waals surface area (Å²) in [5.41, 5.74) is 6.29. The van der Waals surface area contributed by atoms with Crippen molar-refractivity contribution in [3.05, 3.63) is 35.9 Å². The first kappa shape index (κ1) is 17.7. The molecule has 136 valence electrons. The molecule has 2 aliphatic heterocycles. The summed E-state index contributed by atoms with van der Waals surface area (Å²) in [5.74, 6) is -0.237. The lowest BCUT2D eigenvalue weighted by Crippen LogP contribution is -2.64. The molecule has 1 aromatic rings. The standard InChI is InChI=1S/C19H28N4O2/c20-17(24)19(23-11-5-2-6-12-23)9-13-22(14-10-19)18(25)21-15-16-7-3-1-4-8-16/h1,3-4,7-8H,2,5-6,9-15H2,(H2,20,24)(H,21,25). The second-order valence-electron chi connectivity index (χ2n) is 7.07. The number of primary amides is 1. The van der Waals surface area contributed by atoms with Gasteiger partial charge in [-0.2, -0.15) is 0 Å². The third-order valence-electron chi connectivity index (χ3n) is 5.58. The van der Waals surface area contributed by atoms with Crippen molar-refractivity contribution in [1.82, 2.24) is 15.1 Å². The Balaban J connectivity index is 1.56. The molecular formula is C19H28N4O2. The molecule has 2 aliphatic rings. The van der Waals surface area contributed by atoms with E-state index in [0.717, 1.165) is 31.5 Å². The van der Waals surface area contributed by atoms with Gasteiger partial charge in [0.1, 0.15) is 5.54 Å². The Morgan fingerprint density at radius 2 is 1.64 bits per heavy atom. The number of hydrogen-bond acceptors (Lipinski definition) is 3. The molecule has 6 nitrogen and oxygen atoms in total. The van der Waals surface area contributed by atoms with Gasteiger partial charge in [-0.25, -0.2) is 4.79 Å². The molecule has 1 aromatic carbocycles. The van der Waals surface area contributed by atoms with E-state index < -0.39 is 5.54 Å². The third kappa shape index (κ3) is 3.95. The van der Waals surface area contributed by atoms with Crippen LogP contribution in [0.25, 0.3) is 0 Å². The van der Waals surface area contributed by atoms with Crippen LogP contribution < -0.4 is 11.1 Å². The SMILES string of the molecule is NC(=O)C1(N2CCCCC2)CCN(C(=O)NCc2ccccc2)CC1. The van der Waals surface area contributed by atoms with Gasteiger partial charge in [-0.1, -0.05) is 36.8 Å². The fourth-order valence-electron chi connectivity index (χ4n) is 4.01. The molecule has 0 saturated carbocycles. The number of amides is 3. The largest absolute Gasteiger partial charge is 0.368 e. The van der Waals surface area contributed by atoms with Gasteiger partial charge in [-0.05, 0) is 44.3 Å². The second kappa shape index (κ2) is 7.87. The van der Waals surface area contributed by atoms with Crippen LogP contribution in [0.2, 0.25) is 0 Å². The molecule has 2 heterocycles. The number of rotatable bonds is 4. The summed E-state index contributed by atoms with van der Waals surface area (Å²) < 4.78 is 0. The van der Waals surface area contributed by atoms with Gasteiger partial charge in [0.15, 0.2) is 0 Å². The van der Waals surface area contributed by atoms with Crippen LogP contribution in [-0.4, -0.2) is 53.5 Å². The lowest BCUT2D eigenvalue weighted by atomic mass is 9.83. The zero-order chi connectivity index (χ0) is 17.7. The molecule has 0 aromatic heterocycles. The molecular weight excluding hydrogens is 316 g/mol. The number of nitrogens with two attached hydrogens (primary N) is 1. The van der Waals surface area contributed by atoms with Crippen LogP contribution in [0.4, 0.5) is 4.79 Å². The summed E-state index contributed by atoms with van der Waals surface area (Å²) in [7, 11) is 0. The van der Waals surface area contributed by atoms with Crippen LogP contribution in [0.15, 0.2) is 30.3 Å². The van der Waals surface area contributed by atoms with Gasteiger partial charge in [0.25, 0.3) is 0 Å². The molecule has 0 bridgehead atoms. The van der Waals surface area contributed by atoms with E-state index in [1.165, 1.54) is 6.42 Å². The van der Waals surface area contributed by atoms with Gasteiger partial charge < -0.3 is 16.0 Å². The minimum absolute atomic E-state index is 0.0689. The third-order valence-corrected chi connectivity index (χ3v) is 5.58. The van der Waals surface area contributed by atoms with Crippen LogP contribution in [-0.2, 0) is 11.3 Å². The summed E-state index contributed by atoms with van der Waals surface area (Å²) in [6.45, 7) is 3.52. The molecule has 0 spiro atoms. The van der Waals surface area contributed by atoms with Crippen molar-refractivity contribution in [3.63, 3.8) is 0 Å². The zero-order valence-electron chi connectivity index (χ0n) is 14.7. The minimum Gasteiger partial charge on any atom is -0.368 e. The van der Waals surface area contributed by atoms with Gasteiger partial charge in [-0.3, -0.25) is 9.69 Å². The molecule has 0 atom stereocenters. The first-order valence-corrected chi connectivity index (χ1v) is 9.23. The summed E-state index contributed by atoms with van der Waals surface area (Å²) in [4.78, 5) is 28.7. The van der Waals surface area contributed by atoms with Crippen molar-refractivity contribution in [2.75, 3.05) is 26.2 Å². The molecule has 6 heteroatoms. The Morgan fingerprint density at radius 1 is 1.00 bits per heavy atom. The maximum absolute atomic E-state index is 12.4. The fraction of sp³-hybridized carbons (Fsp3) is 0.579. The van der Waals surface area contributed by atoms with Crippen molar-refractivity contribution >= 4 is 11.9 Å². The van der Waals surface area contributed by atoms with Gasteiger partial charge in [0, 0.05) is 19.6 Å². The first-order valence-electron chi connectivity index (χ1n) is 9.23. The lowest BCUT2D eigenvalue weighted by Gasteiger charge is -2.48. The number of nitrogens with one attached hydrogen (secondary N) is 1. The van der Waals surface area contributed by atoms with Crippen molar-refractivity contribution in [2.45, 2.75) is 44.2 Å². The van der Waals surface area contributed by atoms with Crippen LogP contribution >= 0.6 is 0 Å². The topological polar surface area (TPSA) is 78.7 Å². The highest BCUT2D eigenvalue weighted by Crippen LogP contribution is 2.31. The summed E-state index contributed by atoms with van der Waals surface area (Å²) in [6.07, 6.45) is 4.72. The van der Waals surface area contributed by atoms with Crippen LogP contribution in [0, 0.1) is 0 Å². The van der Waals surface area contributed by atoms with Crippen molar-refractivity contribution in [3.8, 4) is 0 Å². The number of likely N-dealkylation sites (tertiary alicyclic amines) is 2. The predicted octanol–water partition coefficient (Wildman–Crippen LogP) is 1.70. The molecule has 25 heavy (non-hydrogen) atoms. The maximum atomic E-state index is 12.4. The predicted molar refractivity (Wildman–Crippen MR) is 96.8 cm³/mol. The van der Waals surface area contributed by atoms with Gasteiger partial charge >= 0.3 is 6.03 Å². The number of nitrogens with zero attached hydrogens (tertiary/aromatic N) is 2. The Kier molecular flexibility index (Phi) is 5.58. The van der Waals surface area contributed by atoms with Crippen molar-refractivity contribution < 1.29 is 9.59 Å². The van der Waals surface area contributed by atoms with E-state index in [1.54, 1.807) is 4.90 Å². The molecule has 2 saturated heterocycles. The van der Waals surface area contributed by atoms with E-state index in [4.69, 9.17) is 5.73 Å². The minimum atomic E-state index is -0.573. The average molecular weight is 344 g/mol. The average Bonchev–Trinajstić information content (AvgIpc) is 2.67. The Bertz CT molecular complexity index is 591. The summed E-state index contributed by atoms with van der Waals surface area (Å²) in [5, 5.41) is 2.96. The molecule has 3 amide bonds. The maximum Gasteiger partial charge on any atom is 0.317 e. The van der Waals surface area contributed by atoms with E-state index in [9.17, 15) is 9.59 Å². The monoisotopic (exact) mass is 344 g/mol. The van der Waals surface area contributed by atoms with Crippen molar-refractivity contribution in [2.24, 2.45) is 5.73 Å². The van der Waals surface area contributed by atoms with Gasteiger partial charge in [0.2, 0.25) is 5.91 Å². The molecule has 3 rings (SSSR count). The summed E-state index contributed by atoms with van der Waals surface area (Å²) in [6, 6.07) is 9.79. The van der Waals surface area contributed by atoms with Crippen molar-refractivity contribution in [1.29, 1.82) is 0 Å². The van der Waals surface area contributed by atoms with Crippen LogP contribution in [0.3, 0.4) is 0 Å². The van der Waals surface area contributed by atoms with E-state index in [0.29, 0.717) is 32.5 Å². The molecule has 3 N–H and O–H groups in total. The Morgan fingerprint density at radius 3 is 2.24 bits per heavy atom. The molecule has 2 fully saturated rings.